The van der Waals surface area contributed by atoms with E-state index in [-0.39, 0.29) is 23.7 Å². The summed E-state index contributed by atoms with van der Waals surface area (Å²) in [4.78, 5) is 28.2. The standard InChI is InChI=1S/C23H35N3O2S/c1-18-11-9-10-16-21(18)29-23(28)25(24-2)17-22(27)26(19-12-5-3-6-13-19)20-14-7-4-8-15-20/h3,5-6,12-13,18,20-21,24H,4,7-11,14-17H2,1-2H3. The van der Waals surface area contributed by atoms with E-state index in [2.05, 4.69) is 12.3 Å². The molecule has 1 aromatic rings. The minimum atomic E-state index is -0.0451. The van der Waals surface area contributed by atoms with Crippen LogP contribution < -0.4 is 10.3 Å². The van der Waals surface area contributed by atoms with Crippen LogP contribution in [0.5, 0.6) is 0 Å². The molecule has 2 atom stereocenters. The van der Waals surface area contributed by atoms with Crippen LogP contribution >= 0.6 is 11.8 Å². The Bertz CT molecular complexity index is 663. The van der Waals surface area contributed by atoms with Gasteiger partial charge in [-0.3, -0.25) is 14.6 Å². The number of thioether (sulfide) groups is 1. The van der Waals surface area contributed by atoms with Crippen molar-refractivity contribution in [1.82, 2.24) is 10.4 Å². The number of nitrogens with one attached hydrogen (secondary N) is 1. The summed E-state index contributed by atoms with van der Waals surface area (Å²) in [5.74, 6) is 0.540. The number of benzene rings is 1. The molecule has 0 aromatic heterocycles. The number of amides is 2. The number of hydrogen-bond acceptors (Lipinski definition) is 4. The van der Waals surface area contributed by atoms with Gasteiger partial charge in [-0.05, 0) is 43.7 Å². The molecule has 2 aliphatic carbocycles. The monoisotopic (exact) mass is 417 g/mol. The Labute approximate surface area is 179 Å². The third-order valence-corrected chi connectivity index (χ3v) is 7.74. The number of carbonyl (C=O) groups is 2. The minimum Gasteiger partial charge on any atom is -0.308 e. The summed E-state index contributed by atoms with van der Waals surface area (Å²) < 4.78 is 0. The molecule has 0 radical (unpaired) electrons. The average Bonchev–Trinajstić information content (AvgIpc) is 2.75. The van der Waals surface area contributed by atoms with Gasteiger partial charge in [0.05, 0.1) is 0 Å². The maximum Gasteiger partial charge on any atom is 0.296 e. The lowest BCUT2D eigenvalue weighted by molar-refractivity contribution is -0.120. The fourth-order valence-electron chi connectivity index (χ4n) is 4.58. The van der Waals surface area contributed by atoms with Crippen molar-refractivity contribution in [3.8, 4) is 0 Å². The molecule has 6 heteroatoms. The molecular weight excluding hydrogens is 382 g/mol. The van der Waals surface area contributed by atoms with Crippen LogP contribution in [0.3, 0.4) is 0 Å². The number of hydrazine groups is 1. The van der Waals surface area contributed by atoms with Crippen molar-refractivity contribution in [3.05, 3.63) is 30.3 Å². The van der Waals surface area contributed by atoms with Crippen LogP contribution in [0.15, 0.2) is 30.3 Å². The second kappa shape index (κ2) is 11.0. The molecular formula is C23H35N3O2S. The summed E-state index contributed by atoms with van der Waals surface area (Å²) in [6.45, 7) is 2.30. The quantitative estimate of drug-likeness (QED) is 0.645. The molecule has 2 amide bonds. The van der Waals surface area contributed by atoms with E-state index in [0.717, 1.165) is 37.8 Å². The smallest absolute Gasteiger partial charge is 0.296 e. The first kappa shape index (κ1) is 22.2. The first-order valence-corrected chi connectivity index (χ1v) is 12.0. The second-order valence-electron chi connectivity index (χ2n) is 8.38. The maximum atomic E-state index is 13.4. The zero-order valence-electron chi connectivity index (χ0n) is 17.8. The predicted octanol–water partition coefficient (Wildman–Crippen LogP) is 5.22. The van der Waals surface area contributed by atoms with Gasteiger partial charge in [-0.1, -0.05) is 69.0 Å². The predicted molar refractivity (Wildman–Crippen MR) is 121 cm³/mol. The Kier molecular flexibility index (Phi) is 8.42. The highest BCUT2D eigenvalue weighted by Gasteiger charge is 2.31. The Morgan fingerprint density at radius 1 is 1.00 bits per heavy atom. The van der Waals surface area contributed by atoms with Gasteiger partial charge in [0.2, 0.25) is 5.91 Å². The van der Waals surface area contributed by atoms with E-state index in [1.807, 2.05) is 35.2 Å². The number of carbonyl (C=O) groups excluding carboxylic acids is 2. The van der Waals surface area contributed by atoms with Crippen molar-refractivity contribution in [2.24, 2.45) is 5.92 Å². The largest absolute Gasteiger partial charge is 0.308 e. The Hall–Kier alpha value is -1.53. The summed E-state index contributed by atoms with van der Waals surface area (Å²) in [5.41, 5.74) is 3.89. The van der Waals surface area contributed by atoms with Gasteiger partial charge in [-0.2, -0.15) is 0 Å². The van der Waals surface area contributed by atoms with Crippen molar-refractivity contribution < 1.29 is 9.59 Å². The fourth-order valence-corrected chi connectivity index (χ4v) is 5.78. The number of nitrogens with zero attached hydrogens (tertiary/aromatic N) is 2. The first-order chi connectivity index (χ1) is 14.1. The Morgan fingerprint density at radius 3 is 2.31 bits per heavy atom. The van der Waals surface area contributed by atoms with Crippen molar-refractivity contribution in [3.63, 3.8) is 0 Å². The molecule has 29 heavy (non-hydrogen) atoms. The fraction of sp³-hybridized carbons (Fsp3) is 0.652. The minimum absolute atomic E-state index is 0.0110. The molecule has 1 N–H and O–H groups in total. The molecule has 2 saturated carbocycles. The van der Waals surface area contributed by atoms with Crippen LogP contribution in [0.1, 0.15) is 64.7 Å². The highest BCUT2D eigenvalue weighted by molar-refractivity contribution is 8.14. The van der Waals surface area contributed by atoms with Gasteiger partial charge in [0.25, 0.3) is 5.24 Å². The van der Waals surface area contributed by atoms with Crippen molar-refractivity contribution >= 4 is 28.6 Å². The lowest BCUT2D eigenvalue weighted by atomic mass is 9.90. The molecule has 3 rings (SSSR count). The normalized spacial score (nSPS) is 22.8. The van der Waals surface area contributed by atoms with Gasteiger partial charge in [0, 0.05) is 24.0 Å². The number of para-hydroxylation sites is 1. The molecule has 0 saturated heterocycles. The summed E-state index contributed by atoms with van der Waals surface area (Å²) >= 11 is 1.40. The van der Waals surface area contributed by atoms with E-state index in [9.17, 15) is 9.59 Å². The zero-order valence-corrected chi connectivity index (χ0v) is 18.6. The molecule has 2 fully saturated rings. The lowest BCUT2D eigenvalue weighted by Gasteiger charge is -2.36. The van der Waals surface area contributed by atoms with Crippen LogP contribution in [-0.4, -0.2) is 41.0 Å². The second-order valence-corrected chi connectivity index (χ2v) is 9.58. The summed E-state index contributed by atoms with van der Waals surface area (Å²) in [7, 11) is 1.73. The average molecular weight is 418 g/mol. The third kappa shape index (κ3) is 5.98. The van der Waals surface area contributed by atoms with Gasteiger partial charge in [0.1, 0.15) is 6.54 Å². The highest BCUT2D eigenvalue weighted by Crippen LogP contribution is 2.34. The molecule has 160 valence electrons. The van der Waals surface area contributed by atoms with Gasteiger partial charge in [0.15, 0.2) is 0 Å². The summed E-state index contributed by atoms with van der Waals surface area (Å²) in [5, 5.41) is 1.80. The van der Waals surface area contributed by atoms with Crippen molar-refractivity contribution in [1.29, 1.82) is 0 Å². The van der Waals surface area contributed by atoms with E-state index in [1.54, 1.807) is 7.05 Å². The topological polar surface area (TPSA) is 52.7 Å². The van der Waals surface area contributed by atoms with Crippen LogP contribution in [-0.2, 0) is 4.79 Å². The van der Waals surface area contributed by atoms with Gasteiger partial charge < -0.3 is 4.90 Å². The molecule has 0 spiro atoms. The van der Waals surface area contributed by atoms with Crippen LogP contribution in [0.25, 0.3) is 0 Å². The van der Waals surface area contributed by atoms with Crippen molar-refractivity contribution in [2.75, 3.05) is 18.5 Å². The molecule has 5 nitrogen and oxygen atoms in total. The first-order valence-electron chi connectivity index (χ1n) is 11.1. The molecule has 0 aliphatic heterocycles. The number of hydrogen-bond donors (Lipinski definition) is 1. The van der Waals surface area contributed by atoms with Gasteiger partial charge in [-0.15, -0.1) is 0 Å². The van der Waals surface area contributed by atoms with E-state index in [4.69, 9.17) is 0 Å². The Balaban J connectivity index is 1.68. The number of anilines is 1. The van der Waals surface area contributed by atoms with Gasteiger partial charge >= 0.3 is 0 Å². The SMILES string of the molecule is CNN(CC(=O)N(c1ccccc1)C1CCCCC1)C(=O)SC1CCCCC1C. The van der Waals surface area contributed by atoms with Crippen LogP contribution in [0, 0.1) is 5.92 Å². The van der Waals surface area contributed by atoms with E-state index in [0.29, 0.717) is 11.2 Å². The third-order valence-electron chi connectivity index (χ3n) is 6.31. The van der Waals surface area contributed by atoms with E-state index < -0.39 is 0 Å². The van der Waals surface area contributed by atoms with Gasteiger partial charge in [-0.25, -0.2) is 5.43 Å². The lowest BCUT2D eigenvalue weighted by Crippen LogP contribution is -2.50. The molecule has 1 aromatic carbocycles. The Morgan fingerprint density at radius 2 is 1.66 bits per heavy atom. The van der Waals surface area contributed by atoms with E-state index in [1.165, 1.54) is 42.5 Å². The van der Waals surface area contributed by atoms with E-state index >= 15 is 0 Å². The number of rotatable bonds is 6. The molecule has 0 bridgehead atoms. The summed E-state index contributed by atoms with van der Waals surface area (Å²) in [6, 6.07) is 10.1. The van der Waals surface area contributed by atoms with Crippen LogP contribution in [0.2, 0.25) is 0 Å². The maximum absolute atomic E-state index is 13.4. The molecule has 0 heterocycles. The highest BCUT2D eigenvalue weighted by atomic mass is 32.2. The summed E-state index contributed by atoms with van der Waals surface area (Å²) in [6.07, 6.45) is 10.3. The van der Waals surface area contributed by atoms with Crippen molar-refractivity contribution in [2.45, 2.75) is 76.0 Å². The molecule has 2 aliphatic rings. The van der Waals surface area contributed by atoms with Crippen LogP contribution in [0.4, 0.5) is 10.5 Å². The molecule has 2 unspecified atom stereocenters. The zero-order chi connectivity index (χ0) is 20.6.